The lowest BCUT2D eigenvalue weighted by Gasteiger charge is -2.10. The van der Waals surface area contributed by atoms with Gasteiger partial charge in [0.15, 0.2) is 5.65 Å². The molecule has 0 radical (unpaired) electrons. The molecule has 0 spiro atoms. The maximum absolute atomic E-state index is 13.1. The number of benzene rings is 2. The molecule has 2 aromatic carbocycles. The third kappa shape index (κ3) is 5.99. The van der Waals surface area contributed by atoms with Crippen molar-refractivity contribution in [1.29, 1.82) is 5.26 Å². The Hall–Kier alpha value is -5.38. The van der Waals surface area contributed by atoms with E-state index in [0.717, 1.165) is 65.2 Å². The van der Waals surface area contributed by atoms with E-state index in [0.29, 0.717) is 17.9 Å². The number of nitriles is 1. The smallest absolute Gasteiger partial charge is 0.255 e. The highest BCUT2D eigenvalue weighted by Crippen LogP contribution is 2.47. The Labute approximate surface area is 250 Å². The predicted molar refractivity (Wildman–Crippen MR) is 165 cm³/mol. The number of anilines is 3. The first kappa shape index (κ1) is 27.8. The highest BCUT2D eigenvalue weighted by molar-refractivity contribution is 6.04. The van der Waals surface area contributed by atoms with Gasteiger partial charge in [-0.05, 0) is 79.6 Å². The van der Waals surface area contributed by atoms with Gasteiger partial charge in [-0.1, -0.05) is 24.1 Å². The van der Waals surface area contributed by atoms with Crippen molar-refractivity contribution in [3.8, 4) is 17.9 Å². The number of nitrogens with one attached hydrogen (secondary N) is 2. The summed E-state index contributed by atoms with van der Waals surface area (Å²) < 4.78 is 8.94. The summed E-state index contributed by atoms with van der Waals surface area (Å²) in [7, 11) is 1.70. The molecule has 214 valence electrons. The van der Waals surface area contributed by atoms with E-state index in [1.807, 2.05) is 70.9 Å². The largest absolute Gasteiger partial charge is 0.385 e. The maximum Gasteiger partial charge on any atom is 0.255 e. The van der Waals surface area contributed by atoms with Crippen molar-refractivity contribution in [2.75, 3.05) is 24.4 Å². The number of aryl methyl sites for hydroxylation is 2. The van der Waals surface area contributed by atoms with Crippen LogP contribution in [0, 0.1) is 30.1 Å². The summed E-state index contributed by atoms with van der Waals surface area (Å²) in [6.07, 6.45) is 10.0. The minimum atomic E-state index is -0.407. The van der Waals surface area contributed by atoms with Crippen molar-refractivity contribution >= 4 is 28.6 Å². The molecule has 1 fully saturated rings. The summed E-state index contributed by atoms with van der Waals surface area (Å²) in [5.74, 6) is 6.24. The fourth-order valence-electron chi connectivity index (χ4n) is 4.99. The van der Waals surface area contributed by atoms with Crippen LogP contribution in [0.5, 0.6) is 0 Å². The SMILES string of the molecule is COCCCn1cc(Nc2cccn3c(C#Cc4cc(C(=O)Nc5cccc(C6(C#N)CC6)c5)ccc4C)cnc23)cn1. The summed E-state index contributed by atoms with van der Waals surface area (Å²) in [6, 6.07) is 19.4. The minimum Gasteiger partial charge on any atom is -0.385 e. The summed E-state index contributed by atoms with van der Waals surface area (Å²) in [5.41, 5.74) is 6.63. The Bertz CT molecular complexity index is 1910. The second-order valence-electron chi connectivity index (χ2n) is 10.7. The number of ether oxygens (including phenoxy) is 1. The van der Waals surface area contributed by atoms with Gasteiger partial charge in [0.2, 0.25) is 0 Å². The van der Waals surface area contributed by atoms with E-state index in [-0.39, 0.29) is 5.91 Å². The van der Waals surface area contributed by atoms with Crippen LogP contribution >= 0.6 is 0 Å². The topological polar surface area (TPSA) is 109 Å². The Morgan fingerprint density at radius 2 is 1.98 bits per heavy atom. The van der Waals surface area contributed by atoms with Crippen LogP contribution in [0.4, 0.5) is 17.1 Å². The second-order valence-corrected chi connectivity index (χ2v) is 10.7. The van der Waals surface area contributed by atoms with Crippen LogP contribution in [0.25, 0.3) is 5.65 Å². The molecule has 0 unspecified atom stereocenters. The molecule has 9 heteroatoms. The van der Waals surface area contributed by atoms with Gasteiger partial charge in [0.25, 0.3) is 5.91 Å². The van der Waals surface area contributed by atoms with Crippen molar-refractivity contribution in [3.05, 3.63) is 107 Å². The van der Waals surface area contributed by atoms with Crippen molar-refractivity contribution in [2.24, 2.45) is 0 Å². The number of carbonyl (C=O) groups is 1. The van der Waals surface area contributed by atoms with E-state index < -0.39 is 5.41 Å². The number of hydrogen-bond donors (Lipinski definition) is 2. The Balaban J connectivity index is 1.19. The monoisotopic (exact) mass is 569 g/mol. The van der Waals surface area contributed by atoms with Crippen LogP contribution in [0.1, 0.15) is 52.0 Å². The molecule has 9 nitrogen and oxygen atoms in total. The lowest BCUT2D eigenvalue weighted by atomic mass is 9.97. The fraction of sp³-hybridized carbons (Fsp3) is 0.235. The number of amides is 1. The van der Waals surface area contributed by atoms with Gasteiger partial charge in [-0.25, -0.2) is 4.98 Å². The molecular formula is C34H31N7O2. The third-order valence-electron chi connectivity index (χ3n) is 7.65. The molecular weight excluding hydrogens is 538 g/mol. The molecule has 3 aromatic heterocycles. The average Bonchev–Trinajstić information content (AvgIpc) is 3.52. The molecule has 43 heavy (non-hydrogen) atoms. The summed E-state index contributed by atoms with van der Waals surface area (Å²) in [5, 5.41) is 20.3. The van der Waals surface area contributed by atoms with Gasteiger partial charge in [0, 0.05) is 49.5 Å². The van der Waals surface area contributed by atoms with Gasteiger partial charge in [-0.2, -0.15) is 10.4 Å². The number of nitrogens with zero attached hydrogens (tertiary/aromatic N) is 5. The summed E-state index contributed by atoms with van der Waals surface area (Å²) in [6.45, 7) is 3.44. The van der Waals surface area contributed by atoms with Crippen LogP contribution in [-0.2, 0) is 16.7 Å². The molecule has 1 amide bonds. The normalized spacial score (nSPS) is 13.1. The number of methoxy groups -OCH3 is 1. The first-order valence-corrected chi connectivity index (χ1v) is 14.2. The Kier molecular flexibility index (Phi) is 7.65. The molecule has 0 saturated heterocycles. The fourth-order valence-corrected chi connectivity index (χ4v) is 4.99. The zero-order valence-corrected chi connectivity index (χ0v) is 24.1. The van der Waals surface area contributed by atoms with E-state index in [1.54, 1.807) is 31.6 Å². The van der Waals surface area contributed by atoms with E-state index in [1.165, 1.54) is 0 Å². The highest BCUT2D eigenvalue weighted by Gasteiger charge is 2.44. The molecule has 2 N–H and O–H groups in total. The van der Waals surface area contributed by atoms with Crippen LogP contribution < -0.4 is 10.6 Å². The molecule has 0 aliphatic heterocycles. The molecule has 6 rings (SSSR count). The van der Waals surface area contributed by atoms with Crippen LogP contribution in [0.2, 0.25) is 0 Å². The number of aromatic nitrogens is 4. The first-order chi connectivity index (χ1) is 21.0. The van der Waals surface area contributed by atoms with Gasteiger partial charge < -0.3 is 15.4 Å². The molecule has 1 saturated carbocycles. The Morgan fingerprint density at radius 3 is 2.79 bits per heavy atom. The van der Waals surface area contributed by atoms with E-state index in [2.05, 4.69) is 38.6 Å². The summed E-state index contributed by atoms with van der Waals surface area (Å²) in [4.78, 5) is 17.7. The molecule has 1 aliphatic carbocycles. The van der Waals surface area contributed by atoms with E-state index in [4.69, 9.17) is 4.74 Å². The first-order valence-electron chi connectivity index (χ1n) is 14.2. The number of hydrogen-bond acceptors (Lipinski definition) is 6. The third-order valence-corrected chi connectivity index (χ3v) is 7.65. The van der Waals surface area contributed by atoms with Crippen molar-refractivity contribution < 1.29 is 9.53 Å². The number of imidazole rings is 1. The number of pyridine rings is 1. The average molecular weight is 570 g/mol. The molecule has 3 heterocycles. The summed E-state index contributed by atoms with van der Waals surface area (Å²) >= 11 is 0. The molecule has 1 aliphatic rings. The lowest BCUT2D eigenvalue weighted by molar-refractivity contribution is 0.102. The van der Waals surface area contributed by atoms with Gasteiger partial charge in [-0.15, -0.1) is 0 Å². The molecule has 0 bridgehead atoms. The predicted octanol–water partition coefficient (Wildman–Crippen LogP) is 5.83. The number of rotatable bonds is 9. The van der Waals surface area contributed by atoms with Crippen LogP contribution in [0.15, 0.2) is 79.4 Å². The zero-order chi connectivity index (χ0) is 29.8. The lowest BCUT2D eigenvalue weighted by Crippen LogP contribution is -2.13. The second kappa shape index (κ2) is 11.8. The molecule has 5 aromatic rings. The minimum absolute atomic E-state index is 0.227. The van der Waals surface area contributed by atoms with Crippen molar-refractivity contribution in [3.63, 3.8) is 0 Å². The van der Waals surface area contributed by atoms with Gasteiger partial charge >= 0.3 is 0 Å². The molecule has 0 atom stereocenters. The van der Waals surface area contributed by atoms with Crippen molar-refractivity contribution in [2.45, 2.75) is 38.1 Å². The number of fused-ring (bicyclic) bond motifs is 1. The highest BCUT2D eigenvalue weighted by atomic mass is 16.5. The van der Waals surface area contributed by atoms with E-state index >= 15 is 0 Å². The maximum atomic E-state index is 13.1. The van der Waals surface area contributed by atoms with Gasteiger partial charge in [-0.3, -0.25) is 13.9 Å². The standard InChI is InChI=1S/C34H31N7O2/c1-24-9-10-26(33(42)39-28-7-3-6-27(19-28)34(23-35)13-14-34)18-25(24)11-12-30-21-36-32-31(8-4-16-41(30)32)38-29-20-37-40(22-29)15-5-17-43-2/h3-4,6-10,16,18-22,38H,5,13-15,17H2,1-2H3,(H,39,42). The quantitative estimate of drug-likeness (QED) is 0.171. The van der Waals surface area contributed by atoms with Crippen LogP contribution in [0.3, 0.4) is 0 Å². The van der Waals surface area contributed by atoms with Crippen molar-refractivity contribution in [1.82, 2.24) is 19.2 Å². The zero-order valence-electron chi connectivity index (χ0n) is 24.1. The van der Waals surface area contributed by atoms with E-state index in [9.17, 15) is 10.1 Å². The van der Waals surface area contributed by atoms with Gasteiger partial charge in [0.05, 0.1) is 35.3 Å². The van der Waals surface area contributed by atoms with Crippen LogP contribution in [-0.4, -0.2) is 38.8 Å². The van der Waals surface area contributed by atoms with Gasteiger partial charge in [0.1, 0.15) is 5.69 Å². The Morgan fingerprint density at radius 1 is 1.09 bits per heavy atom. The number of carbonyl (C=O) groups excluding carboxylic acids is 1.